The second-order valence-electron chi connectivity index (χ2n) is 12.7. The fourth-order valence-electron chi connectivity index (χ4n) is 8.22. The third-order valence-corrected chi connectivity index (χ3v) is 12.2. The van der Waals surface area contributed by atoms with E-state index in [0.29, 0.717) is 36.8 Å². The predicted octanol–water partition coefficient (Wildman–Crippen LogP) is -2.44. The molecule has 0 radical (unpaired) electrons. The standard InChI is InChI=1S/C28H34O8S2.2Na/c1-25(2)21-9-11-27(25,15-37(31,32)33)23(29)19(21)13-17-5-7-18(8-6-17)14-20-22-10-12-28(24(20)30,26(22,3)4)16-38(34,35)36;;/h5-8,13-14,21-22H,9-12,15-16H2,1-4H3,(H,31,32,33)(H,34,35,36);;/q;2*+1/p-2/b19-13+,20-14?;;. The van der Waals surface area contributed by atoms with Crippen LogP contribution in [0.2, 0.25) is 0 Å². The Morgan fingerprint density at radius 3 is 1.27 bits per heavy atom. The Morgan fingerprint density at radius 2 is 1.00 bits per heavy atom. The summed E-state index contributed by atoms with van der Waals surface area (Å²) < 4.78 is 69.9. The Bertz CT molecular complexity index is 1410. The van der Waals surface area contributed by atoms with E-state index < -0.39 is 53.4 Å². The van der Waals surface area contributed by atoms with Crippen LogP contribution in [0.4, 0.5) is 0 Å². The van der Waals surface area contributed by atoms with Gasteiger partial charge in [0.15, 0.2) is 11.6 Å². The first-order chi connectivity index (χ1) is 17.3. The van der Waals surface area contributed by atoms with Crippen LogP contribution in [-0.2, 0) is 29.8 Å². The van der Waals surface area contributed by atoms with Crippen molar-refractivity contribution in [2.45, 2.75) is 53.4 Å². The van der Waals surface area contributed by atoms with Crippen molar-refractivity contribution in [3.05, 3.63) is 46.5 Å². The van der Waals surface area contributed by atoms with Gasteiger partial charge in [0, 0.05) is 11.1 Å². The van der Waals surface area contributed by atoms with Gasteiger partial charge in [-0.2, -0.15) is 0 Å². The van der Waals surface area contributed by atoms with Gasteiger partial charge in [0.25, 0.3) is 0 Å². The van der Waals surface area contributed by atoms with Crippen LogP contribution in [0, 0.1) is 33.5 Å². The SMILES string of the molecule is CC1(C)C2CCC1(CS(=O)(=O)[O-])C(=O)C2=Cc1ccc(/C=C2/C(=O)C3(CS(=O)(=O)[O-])CCC2C3(C)C)cc1.[Na+].[Na+]. The van der Waals surface area contributed by atoms with Crippen molar-refractivity contribution < 1.29 is 94.6 Å². The Hall–Kier alpha value is -0.140. The summed E-state index contributed by atoms with van der Waals surface area (Å²) in [6, 6.07) is 7.24. The van der Waals surface area contributed by atoms with Gasteiger partial charge in [0.1, 0.15) is 0 Å². The van der Waals surface area contributed by atoms with Gasteiger partial charge < -0.3 is 9.11 Å². The zero-order valence-corrected chi connectivity index (χ0v) is 29.6. The number of ketones is 2. The molecule has 0 aromatic heterocycles. The average Bonchev–Trinajstić information content (AvgIpc) is 3.27. The Morgan fingerprint density at radius 1 is 0.700 bits per heavy atom. The number of carbonyl (C=O) groups excluding carboxylic acids is 2. The summed E-state index contributed by atoms with van der Waals surface area (Å²) in [5.74, 6) is -2.18. The average molecular weight is 607 g/mol. The van der Waals surface area contributed by atoms with Crippen molar-refractivity contribution in [1.29, 1.82) is 0 Å². The quantitative estimate of drug-likeness (QED) is 0.197. The molecule has 5 rings (SSSR count). The first kappa shape index (κ1) is 34.4. The number of Topliss-reactive ketones (excluding diaryl/α,β-unsaturated/α-hetero) is 2. The van der Waals surface area contributed by atoms with Crippen LogP contribution >= 0.6 is 0 Å². The molecule has 4 bridgehead atoms. The molecule has 206 valence electrons. The molecule has 4 fully saturated rings. The molecule has 12 heteroatoms. The van der Waals surface area contributed by atoms with Crippen LogP contribution in [0.3, 0.4) is 0 Å². The number of benzene rings is 1. The topological polar surface area (TPSA) is 149 Å². The van der Waals surface area contributed by atoms with E-state index in [1.807, 2.05) is 52.0 Å². The van der Waals surface area contributed by atoms with E-state index in [1.54, 1.807) is 12.2 Å². The summed E-state index contributed by atoms with van der Waals surface area (Å²) in [5.41, 5.74) is -1.10. The molecule has 0 N–H and O–H groups in total. The van der Waals surface area contributed by atoms with Crippen LogP contribution in [0.5, 0.6) is 0 Å². The van der Waals surface area contributed by atoms with Crippen LogP contribution in [0.1, 0.15) is 64.5 Å². The van der Waals surface area contributed by atoms with E-state index in [9.17, 15) is 35.5 Å². The Balaban J connectivity index is 0.00000220. The normalized spacial score (nSPS) is 33.9. The molecule has 0 heterocycles. The van der Waals surface area contributed by atoms with E-state index in [4.69, 9.17) is 0 Å². The van der Waals surface area contributed by atoms with Crippen molar-refractivity contribution in [2.24, 2.45) is 33.5 Å². The largest absolute Gasteiger partial charge is 1.00 e. The van der Waals surface area contributed by atoms with Gasteiger partial charge in [-0.25, -0.2) is 16.8 Å². The zero-order valence-electron chi connectivity index (χ0n) is 23.9. The number of allylic oxidation sites excluding steroid dienone is 2. The van der Waals surface area contributed by atoms with Crippen molar-refractivity contribution >= 4 is 44.0 Å². The summed E-state index contributed by atoms with van der Waals surface area (Å²) in [6.45, 7) is 7.45. The maximum absolute atomic E-state index is 13.4. The number of hydrogen-bond donors (Lipinski definition) is 0. The van der Waals surface area contributed by atoms with E-state index >= 15 is 0 Å². The van der Waals surface area contributed by atoms with E-state index in [2.05, 4.69) is 0 Å². The molecule has 8 nitrogen and oxygen atoms in total. The Labute approximate surface area is 280 Å². The maximum Gasteiger partial charge on any atom is 1.00 e. The first-order valence-electron chi connectivity index (χ1n) is 12.8. The van der Waals surface area contributed by atoms with E-state index in [1.165, 1.54) is 0 Å². The zero-order chi connectivity index (χ0) is 28.1. The number of rotatable bonds is 6. The number of fused-ring (bicyclic) bond motifs is 4. The second-order valence-corrected chi connectivity index (χ2v) is 15.5. The molecule has 0 aliphatic heterocycles. The first-order valence-corrected chi connectivity index (χ1v) is 16.0. The minimum absolute atomic E-state index is 0. The summed E-state index contributed by atoms with van der Waals surface area (Å²) in [5, 5.41) is 0. The minimum atomic E-state index is -4.58. The molecular weight excluding hydrogens is 574 g/mol. The fraction of sp³-hybridized carbons (Fsp3) is 0.571. The van der Waals surface area contributed by atoms with Gasteiger partial charge in [-0.3, -0.25) is 9.59 Å². The molecule has 4 aliphatic carbocycles. The van der Waals surface area contributed by atoms with Crippen LogP contribution in [-0.4, -0.2) is 49.0 Å². The molecule has 4 aliphatic rings. The van der Waals surface area contributed by atoms with Gasteiger partial charge in [-0.15, -0.1) is 0 Å². The summed E-state index contributed by atoms with van der Waals surface area (Å²) >= 11 is 0. The monoisotopic (exact) mass is 606 g/mol. The summed E-state index contributed by atoms with van der Waals surface area (Å²) in [4.78, 5) is 26.8. The molecular formula is C28H32Na2O8S2. The van der Waals surface area contributed by atoms with Gasteiger partial charge in [0.2, 0.25) is 0 Å². The molecule has 1 aromatic carbocycles. The van der Waals surface area contributed by atoms with Crippen molar-refractivity contribution in [3.8, 4) is 0 Å². The van der Waals surface area contributed by atoms with Crippen molar-refractivity contribution in [3.63, 3.8) is 0 Å². The molecule has 40 heavy (non-hydrogen) atoms. The van der Waals surface area contributed by atoms with Gasteiger partial charge in [-0.1, -0.05) is 52.0 Å². The number of hydrogen-bond acceptors (Lipinski definition) is 8. The van der Waals surface area contributed by atoms with Crippen LogP contribution < -0.4 is 59.1 Å². The molecule has 4 atom stereocenters. The molecule has 4 saturated carbocycles. The fourth-order valence-corrected chi connectivity index (χ4v) is 10.7. The Kier molecular flexibility index (Phi) is 9.26. The number of carbonyl (C=O) groups is 2. The molecule has 0 saturated heterocycles. The van der Waals surface area contributed by atoms with Crippen LogP contribution in [0.25, 0.3) is 12.2 Å². The van der Waals surface area contributed by atoms with Gasteiger partial charge >= 0.3 is 59.1 Å². The molecule has 0 spiro atoms. The smallest absolute Gasteiger partial charge is 0.748 e. The molecule has 1 aromatic rings. The van der Waals surface area contributed by atoms with Crippen molar-refractivity contribution in [2.75, 3.05) is 11.5 Å². The van der Waals surface area contributed by atoms with E-state index in [-0.39, 0.29) is 82.5 Å². The summed E-state index contributed by atoms with van der Waals surface area (Å²) in [7, 11) is -9.17. The molecule has 4 unspecified atom stereocenters. The minimum Gasteiger partial charge on any atom is -0.748 e. The van der Waals surface area contributed by atoms with Crippen LogP contribution in [0.15, 0.2) is 35.4 Å². The van der Waals surface area contributed by atoms with E-state index in [0.717, 1.165) is 11.1 Å². The summed E-state index contributed by atoms with van der Waals surface area (Å²) in [6.07, 6.45) is 5.59. The van der Waals surface area contributed by atoms with Gasteiger partial charge in [0.05, 0.1) is 42.6 Å². The molecule has 0 amide bonds. The maximum atomic E-state index is 13.4. The van der Waals surface area contributed by atoms with Crippen molar-refractivity contribution in [1.82, 2.24) is 0 Å². The predicted molar refractivity (Wildman–Crippen MR) is 139 cm³/mol. The third kappa shape index (κ3) is 5.16. The van der Waals surface area contributed by atoms with Gasteiger partial charge in [-0.05, 0) is 71.6 Å². The second kappa shape index (κ2) is 10.8. The third-order valence-electron chi connectivity index (χ3n) is 10.5.